The molecule has 0 aliphatic heterocycles. The van der Waals surface area contributed by atoms with Crippen LogP contribution in [-0.4, -0.2) is 4.57 Å². The second-order valence-electron chi connectivity index (χ2n) is 14.1. The number of hydrogen-bond donors (Lipinski definition) is 0. The van der Waals surface area contributed by atoms with Crippen molar-refractivity contribution in [3.8, 4) is 50.2 Å². The Hall–Kier alpha value is -7.42. The van der Waals surface area contributed by atoms with E-state index in [0.29, 0.717) is 0 Å². The summed E-state index contributed by atoms with van der Waals surface area (Å²) in [6.45, 7) is 0. The molecule has 1 heterocycles. The highest BCUT2D eigenvalue weighted by molar-refractivity contribution is 6.11. The fourth-order valence-corrected chi connectivity index (χ4v) is 8.26. The smallest absolute Gasteiger partial charge is 0.0562 e. The predicted octanol–water partition coefficient (Wildman–Crippen LogP) is 14.9. The monoisotopic (exact) mass is 714 g/mol. The Bertz CT molecular complexity index is 2950. The van der Waals surface area contributed by atoms with Gasteiger partial charge in [0.15, 0.2) is 0 Å². The van der Waals surface area contributed by atoms with Gasteiger partial charge in [0.25, 0.3) is 0 Å². The van der Waals surface area contributed by atoms with Gasteiger partial charge in [0.2, 0.25) is 0 Å². The van der Waals surface area contributed by atoms with Crippen molar-refractivity contribution in [1.29, 1.82) is 0 Å². The van der Waals surface area contributed by atoms with Crippen molar-refractivity contribution < 1.29 is 0 Å². The first kappa shape index (κ1) is 33.2. The second kappa shape index (κ2) is 14.4. The Kier molecular flexibility index (Phi) is 8.55. The third kappa shape index (κ3) is 5.95. The van der Waals surface area contributed by atoms with Crippen LogP contribution in [0.15, 0.2) is 231 Å². The quantitative estimate of drug-likeness (QED) is 0.152. The van der Waals surface area contributed by atoms with E-state index in [-0.39, 0.29) is 0 Å². The first-order valence-corrected chi connectivity index (χ1v) is 19.2. The van der Waals surface area contributed by atoms with Crippen molar-refractivity contribution >= 4 is 38.9 Å². The van der Waals surface area contributed by atoms with Crippen molar-refractivity contribution in [3.63, 3.8) is 0 Å². The topological polar surface area (TPSA) is 8.17 Å². The third-order valence-corrected chi connectivity index (χ3v) is 10.8. The molecule has 10 aromatic rings. The van der Waals surface area contributed by atoms with Gasteiger partial charge >= 0.3 is 0 Å². The van der Waals surface area contributed by atoms with Gasteiger partial charge in [0.1, 0.15) is 0 Å². The molecule has 0 radical (unpaired) electrons. The van der Waals surface area contributed by atoms with Crippen LogP contribution in [0.4, 0.5) is 17.1 Å². The summed E-state index contributed by atoms with van der Waals surface area (Å²) in [4.78, 5) is 2.39. The van der Waals surface area contributed by atoms with Gasteiger partial charge in [-0.05, 0) is 87.5 Å². The number of anilines is 3. The normalized spacial score (nSPS) is 11.2. The van der Waals surface area contributed by atoms with E-state index in [0.717, 1.165) is 28.3 Å². The van der Waals surface area contributed by atoms with Crippen LogP contribution >= 0.6 is 0 Å². The maximum absolute atomic E-state index is 2.44. The van der Waals surface area contributed by atoms with Crippen molar-refractivity contribution in [1.82, 2.24) is 4.57 Å². The van der Waals surface area contributed by atoms with Gasteiger partial charge in [0, 0.05) is 33.4 Å². The van der Waals surface area contributed by atoms with Gasteiger partial charge in [-0.1, -0.05) is 182 Å². The van der Waals surface area contributed by atoms with E-state index in [2.05, 4.69) is 240 Å². The minimum Gasteiger partial charge on any atom is -0.310 e. The van der Waals surface area contributed by atoms with Gasteiger partial charge in [-0.2, -0.15) is 0 Å². The lowest BCUT2D eigenvalue weighted by atomic mass is 9.89. The summed E-state index contributed by atoms with van der Waals surface area (Å²) >= 11 is 0. The van der Waals surface area contributed by atoms with Crippen LogP contribution in [0, 0.1) is 0 Å². The molecule has 0 spiro atoms. The van der Waals surface area contributed by atoms with E-state index in [1.807, 2.05) is 0 Å². The van der Waals surface area contributed by atoms with Crippen LogP contribution < -0.4 is 4.90 Å². The largest absolute Gasteiger partial charge is 0.310 e. The summed E-state index contributed by atoms with van der Waals surface area (Å²) in [5, 5.41) is 2.45. The zero-order chi connectivity index (χ0) is 37.3. The van der Waals surface area contributed by atoms with Gasteiger partial charge in [-0.15, -0.1) is 0 Å². The SMILES string of the molecule is c1ccc(-c2ccccc2-c2ccc(N(c3ccccc3)c3ccc4c5ccccc5n(-c5ccccc5-c5ccccc5)c4c3)cc2-c2ccccc2)cc1. The molecule has 0 amide bonds. The minimum absolute atomic E-state index is 1.08. The highest BCUT2D eigenvalue weighted by Gasteiger charge is 2.21. The average Bonchev–Trinajstić information content (AvgIpc) is 3.61. The number of hydrogen-bond acceptors (Lipinski definition) is 1. The fourth-order valence-electron chi connectivity index (χ4n) is 8.26. The Labute approximate surface area is 327 Å². The third-order valence-electron chi connectivity index (χ3n) is 10.8. The van der Waals surface area contributed by atoms with Crippen LogP contribution in [0.1, 0.15) is 0 Å². The molecule has 10 rings (SSSR count). The summed E-state index contributed by atoms with van der Waals surface area (Å²) in [6.07, 6.45) is 0. The summed E-state index contributed by atoms with van der Waals surface area (Å²) in [5.74, 6) is 0. The van der Waals surface area contributed by atoms with Gasteiger partial charge in [-0.25, -0.2) is 0 Å². The predicted molar refractivity (Wildman–Crippen MR) is 237 cm³/mol. The summed E-state index contributed by atoms with van der Waals surface area (Å²) < 4.78 is 2.44. The lowest BCUT2D eigenvalue weighted by Gasteiger charge is -2.27. The van der Waals surface area contributed by atoms with E-state index >= 15 is 0 Å². The Morgan fingerprint density at radius 3 is 1.43 bits per heavy atom. The van der Waals surface area contributed by atoms with Crippen LogP contribution in [-0.2, 0) is 0 Å². The van der Waals surface area contributed by atoms with Gasteiger partial charge < -0.3 is 9.47 Å². The summed E-state index contributed by atoms with van der Waals surface area (Å²) in [5.41, 5.74) is 16.3. The summed E-state index contributed by atoms with van der Waals surface area (Å²) in [7, 11) is 0. The van der Waals surface area contributed by atoms with Gasteiger partial charge in [-0.3, -0.25) is 0 Å². The molecule has 2 heteroatoms. The minimum atomic E-state index is 1.08. The van der Waals surface area contributed by atoms with Crippen LogP contribution in [0.3, 0.4) is 0 Å². The van der Waals surface area contributed by atoms with E-state index in [1.54, 1.807) is 0 Å². The van der Waals surface area contributed by atoms with Crippen molar-refractivity contribution in [2.75, 3.05) is 4.90 Å². The van der Waals surface area contributed by atoms with Gasteiger partial charge in [0.05, 0.1) is 16.7 Å². The number of rotatable bonds is 8. The number of para-hydroxylation sites is 3. The second-order valence-corrected chi connectivity index (χ2v) is 14.1. The van der Waals surface area contributed by atoms with E-state index < -0.39 is 0 Å². The lowest BCUT2D eigenvalue weighted by Crippen LogP contribution is -2.10. The zero-order valence-electron chi connectivity index (χ0n) is 30.8. The molecule has 56 heavy (non-hydrogen) atoms. The van der Waals surface area contributed by atoms with E-state index in [9.17, 15) is 0 Å². The van der Waals surface area contributed by atoms with Crippen LogP contribution in [0.2, 0.25) is 0 Å². The molecule has 0 saturated carbocycles. The highest BCUT2D eigenvalue weighted by atomic mass is 15.1. The molecular formula is C54H38N2. The average molecular weight is 715 g/mol. The molecule has 1 aromatic heterocycles. The number of aromatic nitrogens is 1. The number of benzene rings is 9. The summed E-state index contributed by atoms with van der Waals surface area (Å²) in [6, 6.07) is 83.1. The molecular weight excluding hydrogens is 677 g/mol. The first-order chi connectivity index (χ1) is 27.8. The molecule has 0 bridgehead atoms. The first-order valence-electron chi connectivity index (χ1n) is 19.2. The molecule has 0 unspecified atom stereocenters. The molecule has 0 saturated heterocycles. The maximum Gasteiger partial charge on any atom is 0.0562 e. The Morgan fingerprint density at radius 2 is 0.732 bits per heavy atom. The fraction of sp³-hybridized carbons (Fsp3) is 0. The van der Waals surface area contributed by atoms with Crippen molar-refractivity contribution in [2.24, 2.45) is 0 Å². The van der Waals surface area contributed by atoms with Crippen LogP contribution in [0.25, 0.3) is 72.0 Å². The Balaban J connectivity index is 1.20. The molecule has 2 nitrogen and oxygen atoms in total. The number of fused-ring (bicyclic) bond motifs is 3. The zero-order valence-corrected chi connectivity index (χ0v) is 30.8. The van der Waals surface area contributed by atoms with Crippen molar-refractivity contribution in [3.05, 3.63) is 231 Å². The molecule has 9 aromatic carbocycles. The van der Waals surface area contributed by atoms with E-state index in [1.165, 1.54) is 60.8 Å². The van der Waals surface area contributed by atoms with E-state index in [4.69, 9.17) is 0 Å². The molecule has 264 valence electrons. The van der Waals surface area contributed by atoms with Crippen LogP contribution in [0.5, 0.6) is 0 Å². The molecule has 0 N–H and O–H groups in total. The molecule has 0 atom stereocenters. The Morgan fingerprint density at radius 1 is 0.268 bits per heavy atom. The molecule has 0 aliphatic carbocycles. The maximum atomic E-state index is 2.44. The number of nitrogens with zero attached hydrogens (tertiary/aromatic N) is 2. The molecule has 0 aliphatic rings. The lowest BCUT2D eigenvalue weighted by molar-refractivity contribution is 1.18. The highest BCUT2D eigenvalue weighted by Crippen LogP contribution is 2.45. The standard InChI is InChI=1S/C54H38N2/c1-5-19-39(20-6-1)45-27-13-14-29-47(45)48-35-33-43(37-51(48)41-23-9-3-10-24-41)55(42-25-11-4-12-26-42)44-34-36-50-49-30-16-18-32-53(49)56(54(50)38-44)52-31-17-15-28-46(52)40-21-7-2-8-22-40/h1-38H. The molecule has 0 fully saturated rings. The van der Waals surface area contributed by atoms with Crippen molar-refractivity contribution in [2.45, 2.75) is 0 Å².